The van der Waals surface area contributed by atoms with Crippen molar-refractivity contribution in [3.05, 3.63) is 0 Å². The maximum atomic E-state index is 14.8. The summed E-state index contributed by atoms with van der Waals surface area (Å²) in [4.78, 5) is 42.2. The van der Waals surface area contributed by atoms with Gasteiger partial charge < -0.3 is 15.1 Å². The van der Waals surface area contributed by atoms with Crippen LogP contribution in [0.2, 0.25) is 0 Å². The monoisotopic (exact) mass is 484 g/mol. The Hall–Kier alpha value is -2.31. The minimum atomic E-state index is -3.28. The third-order valence-electron chi connectivity index (χ3n) is 7.94. The molecule has 8 unspecified atom stereocenters. The molecule has 190 valence electrons. The van der Waals surface area contributed by atoms with Crippen LogP contribution in [-0.4, -0.2) is 71.3 Å². The highest BCUT2D eigenvalue weighted by Crippen LogP contribution is 2.58. The van der Waals surface area contributed by atoms with Crippen LogP contribution in [0.5, 0.6) is 0 Å². The highest BCUT2D eigenvalue weighted by molar-refractivity contribution is 5.94. The third-order valence-corrected chi connectivity index (χ3v) is 7.94. The van der Waals surface area contributed by atoms with E-state index in [-0.39, 0.29) is 36.8 Å². The quantitative estimate of drug-likeness (QED) is 0.601. The van der Waals surface area contributed by atoms with Gasteiger partial charge in [0.25, 0.3) is 5.91 Å². The molecule has 34 heavy (non-hydrogen) atoms. The van der Waals surface area contributed by atoms with Crippen LogP contribution in [0.1, 0.15) is 53.9 Å². The highest BCUT2D eigenvalue weighted by atomic mass is 19.3. The lowest BCUT2D eigenvalue weighted by atomic mass is 9.77. The first-order valence-electron chi connectivity index (χ1n) is 12.1. The van der Waals surface area contributed by atoms with Crippen molar-refractivity contribution in [2.45, 2.75) is 84.6 Å². The first kappa shape index (κ1) is 26.3. The second-order valence-corrected chi connectivity index (χ2v) is 10.9. The Morgan fingerprint density at radius 2 is 1.82 bits per heavy atom. The maximum Gasteiger partial charge on any atom is 0.315 e. The smallest absolute Gasteiger partial charge is 0.315 e. The molecule has 3 aliphatic rings. The molecule has 7 nitrogen and oxygen atoms in total. The Kier molecular flexibility index (Phi) is 7.54. The van der Waals surface area contributed by atoms with Gasteiger partial charge in [-0.2, -0.15) is 14.0 Å². The van der Waals surface area contributed by atoms with Crippen LogP contribution in [-0.2, 0) is 14.4 Å². The van der Waals surface area contributed by atoms with Crippen molar-refractivity contribution in [1.82, 2.24) is 15.1 Å². The molecule has 1 aliphatic heterocycles. The summed E-state index contributed by atoms with van der Waals surface area (Å²) in [5.74, 6) is -3.34. The van der Waals surface area contributed by atoms with Crippen LogP contribution in [0.15, 0.2) is 0 Å². The predicted octanol–water partition coefficient (Wildman–Crippen LogP) is 2.75. The van der Waals surface area contributed by atoms with Crippen molar-refractivity contribution in [2.75, 3.05) is 13.1 Å². The lowest BCUT2D eigenvalue weighted by Gasteiger charge is -2.39. The molecule has 2 saturated carbocycles. The van der Waals surface area contributed by atoms with E-state index in [1.54, 1.807) is 34.6 Å². The van der Waals surface area contributed by atoms with Gasteiger partial charge in [-0.25, -0.2) is 4.39 Å². The van der Waals surface area contributed by atoms with Gasteiger partial charge in [-0.15, -0.1) is 0 Å². The fourth-order valence-electron chi connectivity index (χ4n) is 6.35. The van der Waals surface area contributed by atoms with Gasteiger partial charge in [-0.3, -0.25) is 14.4 Å². The van der Waals surface area contributed by atoms with Gasteiger partial charge in [0.2, 0.25) is 11.8 Å². The van der Waals surface area contributed by atoms with E-state index >= 15 is 0 Å². The number of likely N-dealkylation sites (tertiary alicyclic amines) is 1. The molecule has 3 fully saturated rings. The summed E-state index contributed by atoms with van der Waals surface area (Å²) in [6.45, 7) is 8.95. The molecule has 1 heterocycles. The number of fused-ring (bicyclic) bond motifs is 5. The number of nitriles is 1. The Labute approximate surface area is 199 Å². The van der Waals surface area contributed by atoms with E-state index in [1.165, 1.54) is 9.80 Å². The lowest BCUT2D eigenvalue weighted by molar-refractivity contribution is -0.150. The van der Waals surface area contributed by atoms with E-state index in [0.717, 1.165) is 0 Å². The lowest BCUT2D eigenvalue weighted by Crippen LogP contribution is -2.60. The summed E-state index contributed by atoms with van der Waals surface area (Å²) in [6.07, 6.45) is -2.88. The fraction of sp³-hybridized carbons (Fsp3) is 0.833. The fourth-order valence-corrected chi connectivity index (χ4v) is 6.35. The molecule has 10 heteroatoms. The zero-order chi connectivity index (χ0) is 25.5. The van der Waals surface area contributed by atoms with Gasteiger partial charge >= 0.3 is 6.43 Å². The van der Waals surface area contributed by atoms with E-state index in [0.29, 0.717) is 19.3 Å². The summed E-state index contributed by atoms with van der Waals surface area (Å²) in [6, 6.07) is -0.830. The van der Waals surface area contributed by atoms with Crippen LogP contribution >= 0.6 is 0 Å². The number of carbonyl (C=O) groups excluding carboxylic acids is 3. The van der Waals surface area contributed by atoms with Crippen LogP contribution in [0.4, 0.5) is 13.2 Å². The average molecular weight is 485 g/mol. The van der Waals surface area contributed by atoms with Gasteiger partial charge in [-0.1, -0.05) is 27.7 Å². The summed E-state index contributed by atoms with van der Waals surface area (Å²) >= 11 is 0. The minimum Gasteiger partial charge on any atom is -0.339 e. The SMILES string of the molecule is CCC(C#N)N(CC)C(=O)C1C2C3CC(CC3F)C2CN1C(=O)C(NC(=O)C(F)F)C(C)(C)C. The molecule has 3 amide bonds. The Morgan fingerprint density at radius 3 is 2.32 bits per heavy atom. The standard InChI is InChI=1S/C24H35F3N4O3/c1-6-13(10-28)30(7-2)22(33)18-17-14-8-12(9-16(14)25)15(17)11-31(18)23(34)19(24(3,4)5)29-21(32)20(26)27/h12-20H,6-9,11H2,1-5H3,(H,29,32). The van der Waals surface area contributed by atoms with Gasteiger partial charge in [0.15, 0.2) is 0 Å². The number of alkyl halides is 3. The minimum absolute atomic E-state index is 0.0508. The van der Waals surface area contributed by atoms with Crippen LogP contribution in [0, 0.1) is 40.4 Å². The molecule has 0 aromatic carbocycles. The second kappa shape index (κ2) is 9.74. The number of rotatable bonds is 7. The van der Waals surface area contributed by atoms with Gasteiger partial charge in [0.1, 0.15) is 24.3 Å². The van der Waals surface area contributed by atoms with Crippen molar-refractivity contribution < 1.29 is 27.6 Å². The van der Waals surface area contributed by atoms with Crippen molar-refractivity contribution in [3.63, 3.8) is 0 Å². The van der Waals surface area contributed by atoms with Crippen LogP contribution in [0.25, 0.3) is 0 Å². The highest BCUT2D eigenvalue weighted by Gasteiger charge is 2.63. The van der Waals surface area contributed by atoms with E-state index in [2.05, 4.69) is 11.4 Å². The van der Waals surface area contributed by atoms with Crippen LogP contribution in [0.3, 0.4) is 0 Å². The number of likely N-dealkylation sites (N-methyl/N-ethyl adjacent to an activating group) is 1. The van der Waals surface area contributed by atoms with Gasteiger partial charge in [0.05, 0.1) is 6.07 Å². The number of nitrogens with one attached hydrogen (secondary N) is 1. The molecule has 0 aromatic rings. The zero-order valence-electron chi connectivity index (χ0n) is 20.4. The molecule has 1 N–H and O–H groups in total. The number of hydrogen-bond donors (Lipinski definition) is 1. The van der Waals surface area contributed by atoms with Crippen molar-refractivity contribution >= 4 is 17.7 Å². The molecule has 2 bridgehead atoms. The Bertz CT molecular complexity index is 855. The molecular weight excluding hydrogens is 449 g/mol. The number of amides is 3. The summed E-state index contributed by atoms with van der Waals surface area (Å²) < 4.78 is 40.8. The number of hydrogen-bond acceptors (Lipinski definition) is 4. The Morgan fingerprint density at radius 1 is 1.18 bits per heavy atom. The van der Waals surface area contributed by atoms with Gasteiger partial charge in [-0.05, 0) is 55.3 Å². The first-order chi connectivity index (χ1) is 15.9. The van der Waals surface area contributed by atoms with Crippen LogP contribution < -0.4 is 5.32 Å². The topological polar surface area (TPSA) is 93.5 Å². The predicted molar refractivity (Wildman–Crippen MR) is 118 cm³/mol. The molecule has 0 spiro atoms. The van der Waals surface area contributed by atoms with Crippen molar-refractivity contribution in [1.29, 1.82) is 5.26 Å². The summed E-state index contributed by atoms with van der Waals surface area (Å²) in [5.41, 5.74) is -0.905. The van der Waals surface area contributed by atoms with Crippen molar-refractivity contribution in [3.8, 4) is 6.07 Å². The third kappa shape index (κ3) is 4.50. The van der Waals surface area contributed by atoms with E-state index in [1.807, 2.05) is 0 Å². The normalized spacial score (nSPS) is 31.7. The van der Waals surface area contributed by atoms with Gasteiger partial charge in [0, 0.05) is 13.1 Å². The molecule has 3 rings (SSSR count). The molecular formula is C24H35F3N4O3. The molecule has 2 aliphatic carbocycles. The summed E-state index contributed by atoms with van der Waals surface area (Å²) in [7, 11) is 0. The molecule has 1 saturated heterocycles. The molecule has 8 atom stereocenters. The van der Waals surface area contributed by atoms with E-state index < -0.39 is 53.9 Å². The number of carbonyl (C=O) groups is 3. The number of nitrogens with zero attached hydrogens (tertiary/aromatic N) is 3. The maximum absolute atomic E-state index is 14.8. The van der Waals surface area contributed by atoms with E-state index in [9.17, 15) is 32.8 Å². The largest absolute Gasteiger partial charge is 0.339 e. The average Bonchev–Trinajstić information content (AvgIpc) is 3.43. The zero-order valence-corrected chi connectivity index (χ0v) is 20.4. The second-order valence-electron chi connectivity index (χ2n) is 10.9. The summed E-state index contributed by atoms with van der Waals surface area (Å²) in [5, 5.41) is 11.7. The molecule has 0 radical (unpaired) electrons. The number of halogens is 3. The Balaban J connectivity index is 2.00. The van der Waals surface area contributed by atoms with E-state index in [4.69, 9.17) is 0 Å². The van der Waals surface area contributed by atoms with Crippen molar-refractivity contribution in [2.24, 2.45) is 29.1 Å². The molecule has 0 aromatic heterocycles. The first-order valence-corrected chi connectivity index (χ1v) is 12.1.